The van der Waals surface area contributed by atoms with Crippen LogP contribution in [0.25, 0.3) is 32.4 Å². The minimum Gasteiger partial charge on any atom is -0.333 e. The summed E-state index contributed by atoms with van der Waals surface area (Å²) in [6.45, 7) is 1.48. The molecule has 1 amide bonds. The lowest BCUT2D eigenvalue weighted by Gasteiger charge is -2.09. The van der Waals surface area contributed by atoms with Gasteiger partial charge in [-0.2, -0.15) is 4.98 Å². The first-order valence-electron chi connectivity index (χ1n) is 10.0. The van der Waals surface area contributed by atoms with Crippen molar-refractivity contribution in [3.63, 3.8) is 0 Å². The molecule has 3 aromatic heterocycles. The van der Waals surface area contributed by atoms with Crippen LogP contribution in [0.5, 0.6) is 0 Å². The van der Waals surface area contributed by atoms with Crippen LogP contribution in [0.1, 0.15) is 5.56 Å². The normalized spacial score (nSPS) is 11.1. The van der Waals surface area contributed by atoms with Gasteiger partial charge in [-0.25, -0.2) is 9.37 Å². The predicted molar refractivity (Wildman–Crippen MR) is 127 cm³/mol. The van der Waals surface area contributed by atoms with Gasteiger partial charge in [-0.1, -0.05) is 47.1 Å². The van der Waals surface area contributed by atoms with Crippen molar-refractivity contribution in [2.45, 2.75) is 13.5 Å². The first-order valence-corrected chi connectivity index (χ1v) is 11.2. The molecule has 2 aromatic carbocycles. The van der Waals surface area contributed by atoms with E-state index >= 15 is 0 Å². The van der Waals surface area contributed by atoms with Gasteiger partial charge in [-0.15, -0.1) is 11.3 Å². The van der Waals surface area contributed by atoms with E-state index in [1.807, 2.05) is 30.3 Å². The topological polar surface area (TPSA) is 103 Å². The third-order valence-electron chi connectivity index (χ3n) is 5.09. The van der Waals surface area contributed by atoms with Crippen molar-refractivity contribution in [3.8, 4) is 22.2 Å². The first kappa shape index (κ1) is 21.9. The second-order valence-corrected chi connectivity index (χ2v) is 8.78. The Balaban J connectivity index is 1.44. The fraction of sp³-hybridized carbons (Fsp3) is 0.0870. The molecule has 0 radical (unpaired) electrons. The van der Waals surface area contributed by atoms with Crippen LogP contribution < -0.4 is 10.9 Å². The number of benzene rings is 2. The average Bonchev–Trinajstić information content (AvgIpc) is 3.43. The molecule has 0 saturated heterocycles. The summed E-state index contributed by atoms with van der Waals surface area (Å²) in [5.74, 6) is -0.299. The van der Waals surface area contributed by atoms with Gasteiger partial charge in [0.25, 0.3) is 11.4 Å². The number of amides is 1. The zero-order valence-electron chi connectivity index (χ0n) is 17.6. The van der Waals surface area contributed by atoms with Gasteiger partial charge in [-0.3, -0.25) is 14.2 Å². The molecule has 1 N–H and O–H groups in total. The standard InChI is InChI=1S/C23H15ClFN5O3S/c1-12-18-22(34-19(12)21-28-20(29-33-21)13-5-3-2-4-6-13)26-11-30(23(18)32)10-17(31)27-16-8-7-14(25)9-15(16)24/h2-9,11H,10H2,1H3,(H,27,31). The van der Waals surface area contributed by atoms with E-state index in [9.17, 15) is 14.0 Å². The molecule has 0 spiro atoms. The van der Waals surface area contributed by atoms with Gasteiger partial charge >= 0.3 is 0 Å². The van der Waals surface area contributed by atoms with Crippen molar-refractivity contribution in [2.24, 2.45) is 0 Å². The maximum absolute atomic E-state index is 13.2. The molecule has 34 heavy (non-hydrogen) atoms. The Kier molecular flexibility index (Phi) is 5.68. The molecule has 3 heterocycles. The fourth-order valence-electron chi connectivity index (χ4n) is 3.43. The maximum Gasteiger partial charge on any atom is 0.268 e. The van der Waals surface area contributed by atoms with E-state index in [0.29, 0.717) is 26.5 Å². The molecular weight excluding hydrogens is 481 g/mol. The zero-order chi connectivity index (χ0) is 23.8. The van der Waals surface area contributed by atoms with E-state index in [2.05, 4.69) is 20.4 Å². The van der Waals surface area contributed by atoms with Gasteiger partial charge in [0, 0.05) is 5.56 Å². The van der Waals surface area contributed by atoms with Crippen molar-refractivity contribution in [1.82, 2.24) is 19.7 Å². The first-order chi connectivity index (χ1) is 16.4. The molecule has 11 heteroatoms. The molecule has 170 valence electrons. The fourth-order valence-corrected chi connectivity index (χ4v) is 4.71. The number of carbonyl (C=O) groups excluding carboxylic acids is 1. The van der Waals surface area contributed by atoms with Crippen LogP contribution in [-0.2, 0) is 11.3 Å². The Bertz CT molecular complexity index is 1600. The summed E-state index contributed by atoms with van der Waals surface area (Å²) < 4.78 is 19.9. The summed E-state index contributed by atoms with van der Waals surface area (Å²) in [5.41, 5.74) is 1.31. The SMILES string of the molecule is Cc1c(-c2nc(-c3ccccc3)no2)sc2ncn(CC(=O)Nc3ccc(F)cc3Cl)c(=O)c12. The number of fused-ring (bicyclic) bond motifs is 1. The molecule has 0 aliphatic rings. The van der Waals surface area contributed by atoms with Gasteiger partial charge in [-0.05, 0) is 30.7 Å². The number of aromatic nitrogens is 4. The van der Waals surface area contributed by atoms with Crippen LogP contribution in [0, 0.1) is 12.7 Å². The highest BCUT2D eigenvalue weighted by Crippen LogP contribution is 2.35. The van der Waals surface area contributed by atoms with E-state index in [0.717, 1.165) is 11.6 Å². The highest BCUT2D eigenvalue weighted by molar-refractivity contribution is 7.22. The Labute approximate surface area is 200 Å². The third kappa shape index (κ3) is 4.09. The molecule has 8 nitrogen and oxygen atoms in total. The summed E-state index contributed by atoms with van der Waals surface area (Å²) in [5, 5.41) is 7.03. The number of hydrogen-bond acceptors (Lipinski definition) is 7. The summed E-state index contributed by atoms with van der Waals surface area (Å²) in [7, 11) is 0. The van der Waals surface area contributed by atoms with E-state index < -0.39 is 11.7 Å². The summed E-state index contributed by atoms with van der Waals surface area (Å²) in [4.78, 5) is 35.5. The van der Waals surface area contributed by atoms with Crippen LogP contribution in [-0.4, -0.2) is 25.6 Å². The number of nitrogens with one attached hydrogen (secondary N) is 1. The van der Waals surface area contributed by atoms with E-state index in [4.69, 9.17) is 16.1 Å². The maximum atomic E-state index is 13.2. The Morgan fingerprint density at radius 2 is 2.03 bits per heavy atom. The van der Waals surface area contributed by atoms with Crippen LogP contribution in [0.15, 0.2) is 64.2 Å². The van der Waals surface area contributed by atoms with Crippen molar-refractivity contribution < 1.29 is 13.7 Å². The Hall–Kier alpha value is -3.89. The molecule has 0 saturated carbocycles. The molecule has 0 unspecified atom stereocenters. The second-order valence-electron chi connectivity index (χ2n) is 7.38. The van der Waals surface area contributed by atoms with E-state index in [1.165, 1.54) is 34.4 Å². The molecule has 0 fully saturated rings. The van der Waals surface area contributed by atoms with Gasteiger partial charge in [0.05, 0.1) is 27.3 Å². The van der Waals surface area contributed by atoms with Gasteiger partial charge in [0.2, 0.25) is 11.7 Å². The molecule has 0 atom stereocenters. The number of thiophene rings is 1. The molecule has 5 aromatic rings. The average molecular weight is 496 g/mol. The Morgan fingerprint density at radius 3 is 2.79 bits per heavy atom. The van der Waals surface area contributed by atoms with Crippen LogP contribution in [0.3, 0.4) is 0 Å². The minimum absolute atomic E-state index is 0.0574. The van der Waals surface area contributed by atoms with E-state index in [1.54, 1.807) is 6.92 Å². The van der Waals surface area contributed by atoms with Crippen molar-refractivity contribution in [2.75, 3.05) is 5.32 Å². The quantitative estimate of drug-likeness (QED) is 0.371. The largest absolute Gasteiger partial charge is 0.333 e. The number of rotatable bonds is 5. The smallest absolute Gasteiger partial charge is 0.268 e. The number of anilines is 1. The van der Waals surface area contributed by atoms with Crippen LogP contribution in [0.4, 0.5) is 10.1 Å². The lowest BCUT2D eigenvalue weighted by atomic mass is 10.2. The van der Waals surface area contributed by atoms with Crippen LogP contribution >= 0.6 is 22.9 Å². The number of aryl methyl sites for hydroxylation is 1. The monoisotopic (exact) mass is 495 g/mol. The highest BCUT2D eigenvalue weighted by Gasteiger charge is 2.21. The molecular formula is C23H15ClFN5O3S. The predicted octanol–water partition coefficient (Wildman–Crippen LogP) is 4.91. The van der Waals surface area contributed by atoms with Crippen LogP contribution in [0.2, 0.25) is 5.02 Å². The molecule has 0 bridgehead atoms. The third-order valence-corrected chi connectivity index (χ3v) is 6.59. The minimum atomic E-state index is -0.519. The lowest BCUT2D eigenvalue weighted by molar-refractivity contribution is -0.116. The molecule has 0 aliphatic carbocycles. The number of hydrogen-bond donors (Lipinski definition) is 1. The van der Waals surface area contributed by atoms with Crippen molar-refractivity contribution >= 4 is 44.7 Å². The highest BCUT2D eigenvalue weighted by atomic mass is 35.5. The molecule has 0 aliphatic heterocycles. The molecule has 5 rings (SSSR count). The number of carbonyl (C=O) groups is 1. The second kappa shape index (κ2) is 8.81. The summed E-state index contributed by atoms with van der Waals surface area (Å²) in [6.07, 6.45) is 1.31. The number of nitrogens with zero attached hydrogens (tertiary/aromatic N) is 4. The summed E-state index contributed by atoms with van der Waals surface area (Å²) in [6, 6.07) is 13.0. The number of halogens is 2. The zero-order valence-corrected chi connectivity index (χ0v) is 19.2. The van der Waals surface area contributed by atoms with Gasteiger partial charge in [0.15, 0.2) is 0 Å². The van der Waals surface area contributed by atoms with E-state index in [-0.39, 0.29) is 28.7 Å². The van der Waals surface area contributed by atoms with Crippen molar-refractivity contribution in [1.29, 1.82) is 0 Å². The van der Waals surface area contributed by atoms with Crippen molar-refractivity contribution in [3.05, 3.63) is 81.6 Å². The van der Waals surface area contributed by atoms with Gasteiger partial charge in [0.1, 0.15) is 17.2 Å². The Morgan fingerprint density at radius 1 is 1.24 bits per heavy atom. The lowest BCUT2D eigenvalue weighted by Crippen LogP contribution is -2.28. The van der Waals surface area contributed by atoms with Gasteiger partial charge < -0.3 is 9.84 Å². The summed E-state index contributed by atoms with van der Waals surface area (Å²) >= 11 is 7.21.